The van der Waals surface area contributed by atoms with Gasteiger partial charge in [0.15, 0.2) is 0 Å². The number of aryl methyl sites for hydroxylation is 2. The van der Waals surface area contributed by atoms with Crippen molar-refractivity contribution in [2.45, 2.75) is 26.8 Å². The van der Waals surface area contributed by atoms with Gasteiger partial charge in [-0.05, 0) is 25.1 Å². The summed E-state index contributed by atoms with van der Waals surface area (Å²) in [5.41, 5.74) is 2.76. The lowest BCUT2D eigenvalue weighted by Gasteiger charge is -2.05. The van der Waals surface area contributed by atoms with Gasteiger partial charge in [0.2, 0.25) is 5.91 Å². The summed E-state index contributed by atoms with van der Waals surface area (Å²) >= 11 is 0. The van der Waals surface area contributed by atoms with Crippen LogP contribution in [0.25, 0.3) is 11.0 Å². The van der Waals surface area contributed by atoms with Crippen LogP contribution in [0.3, 0.4) is 0 Å². The molecule has 0 atom stereocenters. The second-order valence-electron chi connectivity index (χ2n) is 4.31. The fourth-order valence-corrected chi connectivity index (χ4v) is 2.21. The van der Waals surface area contributed by atoms with E-state index in [0.29, 0.717) is 0 Å². The van der Waals surface area contributed by atoms with Crippen LogP contribution in [0.4, 0.5) is 5.69 Å². The van der Waals surface area contributed by atoms with E-state index in [0.717, 1.165) is 35.5 Å². The third-order valence-electron chi connectivity index (χ3n) is 3.02. The smallest absolute Gasteiger partial charge is 0.250 e. The van der Waals surface area contributed by atoms with Crippen molar-refractivity contribution in [1.29, 1.82) is 0 Å². The molecule has 0 saturated carbocycles. The van der Waals surface area contributed by atoms with Crippen molar-refractivity contribution < 1.29 is 9.53 Å². The number of nitrogens with one attached hydrogen (secondary N) is 1. The van der Waals surface area contributed by atoms with E-state index < -0.39 is 0 Å². The maximum Gasteiger partial charge on any atom is 0.250 e. The highest BCUT2D eigenvalue weighted by Gasteiger charge is 2.09. The molecule has 1 aromatic carbocycles. The third-order valence-corrected chi connectivity index (χ3v) is 3.02. The van der Waals surface area contributed by atoms with E-state index in [1.807, 2.05) is 18.2 Å². The van der Waals surface area contributed by atoms with Crippen LogP contribution in [0.15, 0.2) is 18.2 Å². The highest BCUT2D eigenvalue weighted by atomic mass is 16.5. The van der Waals surface area contributed by atoms with Crippen LogP contribution in [-0.2, 0) is 22.5 Å². The predicted octanol–water partition coefficient (Wildman–Crippen LogP) is 2.20. The minimum absolute atomic E-state index is 0.0572. The number of amides is 1. The molecule has 0 aliphatic rings. The Morgan fingerprint density at radius 1 is 1.42 bits per heavy atom. The van der Waals surface area contributed by atoms with Crippen LogP contribution in [-0.4, -0.2) is 29.2 Å². The maximum atomic E-state index is 11.5. The molecular weight excluding hydrogens is 242 g/mol. The van der Waals surface area contributed by atoms with Gasteiger partial charge in [-0.1, -0.05) is 6.92 Å². The van der Waals surface area contributed by atoms with Gasteiger partial charge in [0.05, 0.1) is 11.0 Å². The number of imidazole rings is 1. The van der Waals surface area contributed by atoms with Gasteiger partial charge in [0.25, 0.3) is 0 Å². The number of fused-ring (bicyclic) bond motifs is 1. The Hall–Kier alpha value is -1.88. The van der Waals surface area contributed by atoms with Gasteiger partial charge < -0.3 is 14.6 Å². The zero-order chi connectivity index (χ0) is 13.8. The second kappa shape index (κ2) is 5.84. The van der Waals surface area contributed by atoms with Crippen LogP contribution in [0.2, 0.25) is 0 Å². The second-order valence-corrected chi connectivity index (χ2v) is 4.31. The van der Waals surface area contributed by atoms with E-state index in [2.05, 4.69) is 28.7 Å². The topological polar surface area (TPSA) is 56.1 Å². The Morgan fingerprint density at radius 3 is 2.84 bits per heavy atom. The van der Waals surface area contributed by atoms with Crippen LogP contribution in [0, 0.1) is 0 Å². The Labute approximate surface area is 112 Å². The molecule has 1 N–H and O–H groups in total. The molecule has 1 heterocycles. The number of anilines is 1. The van der Waals surface area contributed by atoms with E-state index in [-0.39, 0.29) is 12.5 Å². The van der Waals surface area contributed by atoms with Gasteiger partial charge >= 0.3 is 0 Å². The molecule has 0 bridgehead atoms. The van der Waals surface area contributed by atoms with Crippen LogP contribution in [0.5, 0.6) is 0 Å². The lowest BCUT2D eigenvalue weighted by Crippen LogP contribution is -2.16. The molecule has 0 saturated heterocycles. The maximum absolute atomic E-state index is 11.5. The predicted molar refractivity (Wildman–Crippen MR) is 75.3 cm³/mol. The normalized spacial score (nSPS) is 10.9. The summed E-state index contributed by atoms with van der Waals surface area (Å²) in [6.45, 7) is 5.15. The zero-order valence-electron chi connectivity index (χ0n) is 11.6. The average Bonchev–Trinajstić information content (AvgIpc) is 2.75. The van der Waals surface area contributed by atoms with Crippen LogP contribution in [0.1, 0.15) is 19.7 Å². The van der Waals surface area contributed by atoms with Crippen molar-refractivity contribution in [3.63, 3.8) is 0 Å². The van der Waals surface area contributed by atoms with Crippen molar-refractivity contribution in [2.24, 2.45) is 0 Å². The van der Waals surface area contributed by atoms with Crippen LogP contribution >= 0.6 is 0 Å². The molecule has 0 fully saturated rings. The zero-order valence-corrected chi connectivity index (χ0v) is 11.6. The Bertz CT molecular complexity index is 590. The standard InChI is InChI=1S/C14H19N3O2/c1-4-13-16-11-8-10(15-14(18)9-19-3)6-7-12(11)17(13)5-2/h6-8H,4-5,9H2,1-3H3,(H,15,18). The molecule has 1 amide bonds. The van der Waals surface area contributed by atoms with E-state index in [4.69, 9.17) is 4.74 Å². The first-order chi connectivity index (χ1) is 9.19. The molecular formula is C14H19N3O2. The SMILES string of the molecule is CCc1nc2cc(NC(=O)COC)ccc2n1CC. The first-order valence-electron chi connectivity index (χ1n) is 6.47. The van der Waals surface area contributed by atoms with Crippen LogP contribution < -0.4 is 5.32 Å². The fourth-order valence-electron chi connectivity index (χ4n) is 2.21. The number of hydrogen-bond donors (Lipinski definition) is 1. The summed E-state index contributed by atoms with van der Waals surface area (Å²) < 4.78 is 6.98. The average molecular weight is 261 g/mol. The van der Waals surface area contributed by atoms with Crippen molar-refractivity contribution in [3.05, 3.63) is 24.0 Å². The molecule has 0 radical (unpaired) electrons. The lowest BCUT2D eigenvalue weighted by molar-refractivity contribution is -0.119. The monoisotopic (exact) mass is 261 g/mol. The van der Waals surface area contributed by atoms with Crippen molar-refractivity contribution >= 4 is 22.6 Å². The van der Waals surface area contributed by atoms with Gasteiger partial charge in [-0.15, -0.1) is 0 Å². The first-order valence-corrected chi connectivity index (χ1v) is 6.47. The molecule has 2 aromatic rings. The molecule has 1 aromatic heterocycles. The summed E-state index contributed by atoms with van der Waals surface area (Å²) in [4.78, 5) is 16.1. The molecule has 0 aliphatic heterocycles. The number of aromatic nitrogens is 2. The summed E-state index contributed by atoms with van der Waals surface area (Å²) in [6, 6.07) is 5.78. The van der Waals surface area contributed by atoms with Gasteiger partial charge in [-0.3, -0.25) is 4.79 Å². The van der Waals surface area contributed by atoms with E-state index >= 15 is 0 Å². The summed E-state index contributed by atoms with van der Waals surface area (Å²) in [7, 11) is 1.50. The Kier molecular flexibility index (Phi) is 4.16. The number of benzene rings is 1. The largest absolute Gasteiger partial charge is 0.375 e. The Balaban J connectivity index is 2.33. The summed E-state index contributed by atoms with van der Waals surface area (Å²) in [5, 5.41) is 2.79. The molecule has 102 valence electrons. The number of nitrogens with zero attached hydrogens (tertiary/aromatic N) is 2. The quantitative estimate of drug-likeness (QED) is 0.897. The highest BCUT2D eigenvalue weighted by molar-refractivity contribution is 5.93. The summed E-state index contributed by atoms with van der Waals surface area (Å²) in [6.07, 6.45) is 0.897. The van der Waals surface area contributed by atoms with Gasteiger partial charge in [-0.25, -0.2) is 4.98 Å². The fraction of sp³-hybridized carbons (Fsp3) is 0.429. The van der Waals surface area contributed by atoms with E-state index in [1.54, 1.807) is 0 Å². The number of carbonyl (C=O) groups excluding carboxylic acids is 1. The minimum Gasteiger partial charge on any atom is -0.375 e. The summed E-state index contributed by atoms with van der Waals surface area (Å²) in [5.74, 6) is 0.908. The number of rotatable bonds is 5. The van der Waals surface area contributed by atoms with Crippen molar-refractivity contribution in [1.82, 2.24) is 9.55 Å². The van der Waals surface area contributed by atoms with Gasteiger partial charge in [0, 0.05) is 25.8 Å². The third kappa shape index (κ3) is 2.76. The number of methoxy groups -OCH3 is 1. The van der Waals surface area contributed by atoms with E-state index in [9.17, 15) is 4.79 Å². The molecule has 0 unspecified atom stereocenters. The highest BCUT2D eigenvalue weighted by Crippen LogP contribution is 2.21. The van der Waals surface area contributed by atoms with Crippen molar-refractivity contribution in [3.8, 4) is 0 Å². The number of carbonyl (C=O) groups is 1. The molecule has 2 rings (SSSR count). The van der Waals surface area contributed by atoms with Crippen molar-refractivity contribution in [2.75, 3.05) is 19.0 Å². The molecule has 5 nitrogen and oxygen atoms in total. The molecule has 0 aliphatic carbocycles. The first kappa shape index (κ1) is 13.5. The van der Waals surface area contributed by atoms with Gasteiger partial charge in [0.1, 0.15) is 12.4 Å². The number of hydrogen-bond acceptors (Lipinski definition) is 3. The molecule has 5 heteroatoms. The van der Waals surface area contributed by atoms with E-state index in [1.165, 1.54) is 7.11 Å². The number of ether oxygens (including phenoxy) is 1. The molecule has 0 spiro atoms. The minimum atomic E-state index is -0.160. The molecule has 19 heavy (non-hydrogen) atoms. The Morgan fingerprint density at radius 2 is 2.21 bits per heavy atom. The lowest BCUT2D eigenvalue weighted by atomic mass is 10.2. The van der Waals surface area contributed by atoms with Gasteiger partial charge in [-0.2, -0.15) is 0 Å².